The summed E-state index contributed by atoms with van der Waals surface area (Å²) < 4.78 is 9.99. The molecule has 1 fully saturated rings. The van der Waals surface area contributed by atoms with E-state index < -0.39 is 11.6 Å². The molecule has 0 aromatic carbocycles. The van der Waals surface area contributed by atoms with Crippen LogP contribution in [-0.2, 0) is 4.74 Å². The van der Waals surface area contributed by atoms with Gasteiger partial charge in [-0.15, -0.1) is 0 Å². The second kappa shape index (κ2) is 6.26. The van der Waals surface area contributed by atoms with Gasteiger partial charge in [-0.25, -0.2) is 4.79 Å². The first-order valence-electron chi connectivity index (χ1n) is 7.11. The lowest BCUT2D eigenvalue weighted by atomic mass is 9.79. The molecule has 0 spiro atoms. The molecule has 2 unspecified atom stereocenters. The van der Waals surface area contributed by atoms with Crippen molar-refractivity contribution in [3.63, 3.8) is 0 Å². The van der Waals surface area contributed by atoms with Gasteiger partial charge in [0.25, 0.3) is 6.01 Å². The van der Waals surface area contributed by atoms with E-state index in [0.29, 0.717) is 19.1 Å². The van der Waals surface area contributed by atoms with Crippen LogP contribution in [0.3, 0.4) is 0 Å². The van der Waals surface area contributed by atoms with E-state index in [1.807, 2.05) is 0 Å². The SMILES string of the molecule is CCOC(=O)c1coc(NCC2(O)CCCC(C)C2)n1. The van der Waals surface area contributed by atoms with Crippen molar-refractivity contribution in [3.8, 4) is 0 Å². The molecule has 0 radical (unpaired) electrons. The molecule has 6 heteroatoms. The summed E-state index contributed by atoms with van der Waals surface area (Å²) in [7, 11) is 0. The van der Waals surface area contributed by atoms with Gasteiger partial charge in [0.2, 0.25) is 0 Å². The van der Waals surface area contributed by atoms with Gasteiger partial charge in [0, 0.05) is 6.54 Å². The first kappa shape index (κ1) is 14.8. The molecule has 2 N–H and O–H groups in total. The number of hydrogen-bond acceptors (Lipinski definition) is 6. The molecule has 0 amide bonds. The lowest BCUT2D eigenvalue weighted by Gasteiger charge is -2.35. The van der Waals surface area contributed by atoms with Gasteiger partial charge in [0.1, 0.15) is 6.26 Å². The third-order valence-electron chi connectivity index (χ3n) is 3.62. The maximum atomic E-state index is 11.4. The van der Waals surface area contributed by atoms with Crippen molar-refractivity contribution in [3.05, 3.63) is 12.0 Å². The van der Waals surface area contributed by atoms with Gasteiger partial charge < -0.3 is 19.6 Å². The number of ether oxygens (including phenoxy) is 1. The van der Waals surface area contributed by atoms with Crippen LogP contribution in [-0.4, -0.2) is 34.8 Å². The highest BCUT2D eigenvalue weighted by atomic mass is 16.5. The quantitative estimate of drug-likeness (QED) is 0.805. The minimum Gasteiger partial charge on any atom is -0.461 e. The maximum Gasteiger partial charge on any atom is 0.360 e. The van der Waals surface area contributed by atoms with E-state index in [2.05, 4.69) is 17.2 Å². The largest absolute Gasteiger partial charge is 0.461 e. The number of carbonyl (C=O) groups is 1. The number of oxazole rings is 1. The molecule has 20 heavy (non-hydrogen) atoms. The highest BCUT2D eigenvalue weighted by Crippen LogP contribution is 2.32. The van der Waals surface area contributed by atoms with E-state index in [4.69, 9.17) is 9.15 Å². The fourth-order valence-electron chi connectivity index (χ4n) is 2.69. The molecule has 1 aliphatic carbocycles. The molecule has 0 aliphatic heterocycles. The predicted octanol–water partition coefficient (Wildman–Crippen LogP) is 2.20. The van der Waals surface area contributed by atoms with E-state index in [9.17, 15) is 9.90 Å². The lowest BCUT2D eigenvalue weighted by Crippen LogP contribution is -2.41. The van der Waals surface area contributed by atoms with Crippen LogP contribution in [0, 0.1) is 5.92 Å². The van der Waals surface area contributed by atoms with Gasteiger partial charge in [-0.1, -0.05) is 19.8 Å². The smallest absolute Gasteiger partial charge is 0.360 e. The van der Waals surface area contributed by atoms with Crippen LogP contribution in [0.15, 0.2) is 10.7 Å². The topological polar surface area (TPSA) is 84.6 Å². The van der Waals surface area contributed by atoms with Crippen molar-refractivity contribution in [2.75, 3.05) is 18.5 Å². The highest BCUT2D eigenvalue weighted by Gasteiger charge is 2.32. The molecule has 6 nitrogen and oxygen atoms in total. The third kappa shape index (κ3) is 3.72. The molecule has 112 valence electrons. The van der Waals surface area contributed by atoms with Crippen molar-refractivity contribution >= 4 is 12.0 Å². The summed E-state index contributed by atoms with van der Waals surface area (Å²) in [6, 6.07) is 0.236. The van der Waals surface area contributed by atoms with Gasteiger partial charge in [-0.2, -0.15) is 4.98 Å². The number of nitrogens with one attached hydrogen (secondary N) is 1. The molecule has 1 aromatic rings. The Hall–Kier alpha value is -1.56. The molecule has 2 rings (SSSR count). The van der Waals surface area contributed by atoms with Crippen molar-refractivity contribution in [2.24, 2.45) is 5.92 Å². The van der Waals surface area contributed by atoms with Crippen LogP contribution < -0.4 is 5.32 Å². The number of hydrogen-bond donors (Lipinski definition) is 2. The zero-order chi connectivity index (χ0) is 14.6. The van der Waals surface area contributed by atoms with Crippen molar-refractivity contribution in [2.45, 2.75) is 45.1 Å². The zero-order valence-corrected chi connectivity index (χ0v) is 12.0. The second-order valence-corrected chi connectivity index (χ2v) is 5.54. The summed E-state index contributed by atoms with van der Waals surface area (Å²) in [6.45, 7) is 4.55. The maximum absolute atomic E-state index is 11.4. The summed E-state index contributed by atoms with van der Waals surface area (Å²) in [5.41, 5.74) is -0.589. The van der Waals surface area contributed by atoms with Crippen LogP contribution in [0.25, 0.3) is 0 Å². The molecular weight excluding hydrogens is 260 g/mol. The van der Waals surface area contributed by atoms with E-state index in [0.717, 1.165) is 25.7 Å². The Kier molecular flexibility index (Phi) is 4.65. The predicted molar refractivity (Wildman–Crippen MR) is 73.5 cm³/mol. The van der Waals surface area contributed by atoms with Gasteiger partial charge >= 0.3 is 5.97 Å². The Balaban J connectivity index is 1.89. The summed E-state index contributed by atoms with van der Waals surface area (Å²) in [5.74, 6) is 0.0181. The first-order valence-corrected chi connectivity index (χ1v) is 7.11. The van der Waals surface area contributed by atoms with Crippen molar-refractivity contribution in [1.82, 2.24) is 4.98 Å². The molecule has 0 saturated heterocycles. The van der Waals surface area contributed by atoms with Crippen molar-refractivity contribution < 1.29 is 19.1 Å². The Morgan fingerprint density at radius 3 is 3.20 bits per heavy atom. The zero-order valence-electron chi connectivity index (χ0n) is 12.0. The van der Waals surface area contributed by atoms with Crippen LogP contribution in [0.1, 0.15) is 50.0 Å². The van der Waals surface area contributed by atoms with Gasteiger partial charge in [-0.3, -0.25) is 0 Å². The average Bonchev–Trinajstić information content (AvgIpc) is 2.85. The number of anilines is 1. The Morgan fingerprint density at radius 2 is 2.50 bits per heavy atom. The molecule has 2 atom stereocenters. The Morgan fingerprint density at radius 1 is 1.70 bits per heavy atom. The number of carbonyl (C=O) groups excluding carboxylic acids is 1. The number of aliphatic hydroxyl groups is 1. The summed E-state index contributed by atoms with van der Waals surface area (Å²) >= 11 is 0. The molecule has 1 heterocycles. The molecule has 1 aromatic heterocycles. The molecule has 1 saturated carbocycles. The average molecular weight is 282 g/mol. The van der Waals surface area contributed by atoms with E-state index in [1.54, 1.807) is 6.92 Å². The van der Waals surface area contributed by atoms with Crippen LogP contribution in [0.2, 0.25) is 0 Å². The highest BCUT2D eigenvalue weighted by molar-refractivity contribution is 5.87. The second-order valence-electron chi connectivity index (χ2n) is 5.54. The number of esters is 1. The molecule has 1 aliphatic rings. The Labute approximate surface area is 118 Å². The van der Waals surface area contributed by atoms with Crippen LogP contribution >= 0.6 is 0 Å². The first-order chi connectivity index (χ1) is 9.52. The number of nitrogens with zero attached hydrogens (tertiary/aromatic N) is 1. The summed E-state index contributed by atoms with van der Waals surface area (Å²) in [6.07, 6.45) is 4.99. The minimum atomic E-state index is -0.726. The monoisotopic (exact) mass is 282 g/mol. The van der Waals surface area contributed by atoms with E-state index in [1.165, 1.54) is 6.26 Å². The van der Waals surface area contributed by atoms with Crippen LogP contribution in [0.4, 0.5) is 6.01 Å². The lowest BCUT2D eigenvalue weighted by molar-refractivity contribution is -0.00116. The molecular formula is C14H22N2O4. The van der Waals surface area contributed by atoms with Crippen LogP contribution in [0.5, 0.6) is 0 Å². The normalized spacial score (nSPS) is 26.2. The third-order valence-corrected chi connectivity index (χ3v) is 3.62. The standard InChI is InChI=1S/C14H22N2O4/c1-3-19-12(17)11-8-20-13(16-11)15-9-14(18)6-4-5-10(2)7-14/h8,10,18H,3-7,9H2,1-2H3,(H,15,16). The number of rotatable bonds is 5. The Bertz CT molecular complexity index is 460. The molecule has 0 bridgehead atoms. The number of aromatic nitrogens is 1. The van der Waals surface area contributed by atoms with Gasteiger partial charge in [0.05, 0.1) is 12.2 Å². The van der Waals surface area contributed by atoms with E-state index >= 15 is 0 Å². The summed E-state index contributed by atoms with van der Waals surface area (Å²) in [5, 5.41) is 13.4. The minimum absolute atomic E-state index is 0.137. The van der Waals surface area contributed by atoms with Crippen molar-refractivity contribution in [1.29, 1.82) is 0 Å². The summed E-state index contributed by atoms with van der Waals surface area (Å²) in [4.78, 5) is 15.4. The van der Waals surface area contributed by atoms with E-state index in [-0.39, 0.29) is 11.7 Å². The van der Waals surface area contributed by atoms with Gasteiger partial charge in [0.15, 0.2) is 5.69 Å². The fraction of sp³-hybridized carbons (Fsp3) is 0.714. The van der Waals surface area contributed by atoms with Gasteiger partial charge in [-0.05, 0) is 25.7 Å². The fourth-order valence-corrected chi connectivity index (χ4v) is 2.69.